The van der Waals surface area contributed by atoms with Crippen LogP contribution in [0.1, 0.15) is 10.4 Å². The second-order valence-electron chi connectivity index (χ2n) is 4.85. The number of benzene rings is 2. The molecule has 0 saturated heterocycles. The maximum absolute atomic E-state index is 11.8. The molecule has 0 bridgehead atoms. The number of hydrogen-bond acceptors (Lipinski definition) is 4. The molecule has 0 spiro atoms. The van der Waals surface area contributed by atoms with Gasteiger partial charge in [0.05, 0.1) is 6.61 Å². The standard InChI is InChI=1S/C17H17ClN2O4/c18-13-2-1-3-14(10-13)20-16(22)11-24-15-6-4-12(5-7-15)17(23)19-8-9-21/h1-7,10,21H,8-9,11H2,(H,19,23)(H,20,22). The van der Waals surface area contributed by atoms with Crippen molar-refractivity contribution in [2.45, 2.75) is 0 Å². The van der Waals surface area contributed by atoms with Gasteiger partial charge in [-0.25, -0.2) is 0 Å². The van der Waals surface area contributed by atoms with Crippen LogP contribution in [0, 0.1) is 0 Å². The zero-order valence-corrected chi connectivity index (χ0v) is 13.5. The molecule has 2 aromatic carbocycles. The second kappa shape index (κ2) is 8.90. The van der Waals surface area contributed by atoms with Crippen LogP contribution < -0.4 is 15.4 Å². The highest BCUT2D eigenvalue weighted by Crippen LogP contribution is 2.15. The SMILES string of the molecule is O=C(COc1ccc(C(=O)NCCO)cc1)Nc1cccc(Cl)c1. The highest BCUT2D eigenvalue weighted by Gasteiger charge is 2.07. The lowest BCUT2D eigenvalue weighted by atomic mass is 10.2. The van der Waals surface area contributed by atoms with Crippen molar-refractivity contribution in [3.8, 4) is 5.75 Å². The molecule has 2 amide bonds. The van der Waals surface area contributed by atoms with Crippen molar-refractivity contribution in [2.75, 3.05) is 25.1 Å². The number of anilines is 1. The van der Waals surface area contributed by atoms with Crippen LogP contribution in [0.15, 0.2) is 48.5 Å². The van der Waals surface area contributed by atoms with Gasteiger partial charge in [0.2, 0.25) is 0 Å². The van der Waals surface area contributed by atoms with E-state index in [0.717, 1.165) is 0 Å². The Morgan fingerprint density at radius 3 is 2.54 bits per heavy atom. The summed E-state index contributed by atoms with van der Waals surface area (Å²) in [4.78, 5) is 23.5. The molecule has 7 heteroatoms. The summed E-state index contributed by atoms with van der Waals surface area (Å²) in [5.41, 5.74) is 1.03. The third-order valence-corrected chi connectivity index (χ3v) is 3.23. The first kappa shape index (κ1) is 17.8. The molecule has 0 unspecified atom stereocenters. The van der Waals surface area contributed by atoms with Crippen LogP contribution in [-0.4, -0.2) is 36.7 Å². The summed E-state index contributed by atoms with van der Waals surface area (Å²) in [7, 11) is 0. The van der Waals surface area contributed by atoms with Crippen molar-refractivity contribution in [1.82, 2.24) is 5.32 Å². The summed E-state index contributed by atoms with van der Waals surface area (Å²) in [6, 6.07) is 13.2. The smallest absolute Gasteiger partial charge is 0.262 e. The molecule has 2 rings (SSSR count). The first-order valence-corrected chi connectivity index (χ1v) is 7.63. The zero-order chi connectivity index (χ0) is 17.4. The molecule has 0 aromatic heterocycles. The van der Waals surface area contributed by atoms with E-state index in [0.29, 0.717) is 22.0 Å². The van der Waals surface area contributed by atoms with Gasteiger partial charge in [0.15, 0.2) is 6.61 Å². The van der Waals surface area contributed by atoms with Crippen LogP contribution >= 0.6 is 11.6 Å². The highest BCUT2D eigenvalue weighted by molar-refractivity contribution is 6.30. The van der Waals surface area contributed by atoms with Crippen molar-refractivity contribution < 1.29 is 19.4 Å². The molecule has 3 N–H and O–H groups in total. The minimum atomic E-state index is -0.318. The van der Waals surface area contributed by atoms with Crippen molar-refractivity contribution in [3.05, 3.63) is 59.1 Å². The Hall–Kier alpha value is -2.57. The number of carbonyl (C=O) groups excluding carboxylic acids is 2. The summed E-state index contributed by atoms with van der Waals surface area (Å²) in [5, 5.41) is 14.4. The van der Waals surface area contributed by atoms with Gasteiger partial charge in [0.1, 0.15) is 5.75 Å². The number of nitrogens with one attached hydrogen (secondary N) is 2. The third-order valence-electron chi connectivity index (χ3n) is 2.99. The molecule has 126 valence electrons. The molecule has 0 aliphatic heterocycles. The van der Waals surface area contributed by atoms with E-state index in [1.807, 2.05) is 0 Å². The van der Waals surface area contributed by atoms with E-state index in [1.54, 1.807) is 48.5 Å². The molecule has 6 nitrogen and oxygen atoms in total. The van der Waals surface area contributed by atoms with E-state index < -0.39 is 0 Å². The van der Waals surface area contributed by atoms with E-state index in [2.05, 4.69) is 10.6 Å². The molecule has 0 heterocycles. The van der Waals surface area contributed by atoms with Gasteiger partial charge in [-0.2, -0.15) is 0 Å². The number of aliphatic hydroxyl groups is 1. The number of ether oxygens (including phenoxy) is 1. The first-order chi connectivity index (χ1) is 11.6. The van der Waals surface area contributed by atoms with E-state index in [4.69, 9.17) is 21.4 Å². The highest BCUT2D eigenvalue weighted by atomic mass is 35.5. The van der Waals surface area contributed by atoms with E-state index in [9.17, 15) is 9.59 Å². The Labute approximate surface area is 144 Å². The van der Waals surface area contributed by atoms with Gasteiger partial charge in [0.25, 0.3) is 11.8 Å². The second-order valence-corrected chi connectivity index (χ2v) is 5.29. The third kappa shape index (κ3) is 5.57. The summed E-state index contributed by atoms with van der Waals surface area (Å²) in [6.07, 6.45) is 0. The fourth-order valence-corrected chi connectivity index (χ4v) is 2.08. The summed E-state index contributed by atoms with van der Waals surface area (Å²) in [6.45, 7) is -0.0853. The average molecular weight is 349 g/mol. The molecule has 0 saturated carbocycles. The summed E-state index contributed by atoms with van der Waals surface area (Å²) >= 11 is 5.84. The van der Waals surface area contributed by atoms with Gasteiger partial charge in [0, 0.05) is 22.8 Å². The quantitative estimate of drug-likeness (QED) is 0.715. The molecule has 0 aliphatic carbocycles. The normalized spacial score (nSPS) is 10.1. The van der Waals surface area contributed by atoms with Crippen molar-refractivity contribution >= 4 is 29.1 Å². The first-order valence-electron chi connectivity index (χ1n) is 7.26. The van der Waals surface area contributed by atoms with E-state index in [-0.39, 0.29) is 31.6 Å². The lowest BCUT2D eigenvalue weighted by Crippen LogP contribution is -2.26. The number of aliphatic hydroxyl groups excluding tert-OH is 1. The lowest BCUT2D eigenvalue weighted by Gasteiger charge is -2.08. The average Bonchev–Trinajstić information content (AvgIpc) is 2.58. The number of rotatable bonds is 7. The van der Waals surface area contributed by atoms with Gasteiger partial charge >= 0.3 is 0 Å². The van der Waals surface area contributed by atoms with Gasteiger partial charge in [-0.05, 0) is 42.5 Å². The van der Waals surface area contributed by atoms with Gasteiger partial charge in [-0.15, -0.1) is 0 Å². The molecule has 24 heavy (non-hydrogen) atoms. The van der Waals surface area contributed by atoms with Gasteiger partial charge in [-0.1, -0.05) is 17.7 Å². The molecule has 0 atom stereocenters. The maximum Gasteiger partial charge on any atom is 0.262 e. The number of carbonyl (C=O) groups is 2. The Kier molecular flexibility index (Phi) is 6.60. The molecular formula is C17H17ClN2O4. The van der Waals surface area contributed by atoms with Crippen molar-refractivity contribution in [1.29, 1.82) is 0 Å². The molecule has 0 fully saturated rings. The molecule has 0 aliphatic rings. The number of halogens is 1. The lowest BCUT2D eigenvalue weighted by molar-refractivity contribution is -0.118. The molecule has 2 aromatic rings. The van der Waals surface area contributed by atoms with Crippen molar-refractivity contribution in [3.63, 3.8) is 0 Å². The van der Waals surface area contributed by atoms with Crippen LogP contribution in [-0.2, 0) is 4.79 Å². The minimum absolute atomic E-state index is 0.116. The van der Waals surface area contributed by atoms with Crippen LogP contribution in [0.25, 0.3) is 0 Å². The fraction of sp³-hybridized carbons (Fsp3) is 0.176. The number of amides is 2. The van der Waals surface area contributed by atoms with Crippen molar-refractivity contribution in [2.24, 2.45) is 0 Å². The fourth-order valence-electron chi connectivity index (χ4n) is 1.89. The van der Waals surface area contributed by atoms with Crippen LogP contribution in [0.5, 0.6) is 5.75 Å². The Bertz CT molecular complexity index is 704. The minimum Gasteiger partial charge on any atom is -0.484 e. The van der Waals surface area contributed by atoms with Gasteiger partial charge < -0.3 is 20.5 Å². The molecular weight excluding hydrogens is 332 g/mol. The summed E-state index contributed by atoms with van der Waals surface area (Å²) in [5.74, 6) is -0.133. The zero-order valence-electron chi connectivity index (χ0n) is 12.8. The Balaban J connectivity index is 1.83. The van der Waals surface area contributed by atoms with E-state index in [1.165, 1.54) is 0 Å². The maximum atomic E-state index is 11.8. The summed E-state index contributed by atoms with van der Waals surface area (Å²) < 4.78 is 5.37. The Morgan fingerprint density at radius 2 is 1.88 bits per heavy atom. The topological polar surface area (TPSA) is 87.7 Å². The number of hydrogen-bond donors (Lipinski definition) is 3. The largest absolute Gasteiger partial charge is 0.484 e. The van der Waals surface area contributed by atoms with Crippen LogP contribution in [0.4, 0.5) is 5.69 Å². The Morgan fingerprint density at radius 1 is 1.12 bits per heavy atom. The predicted octanol–water partition coefficient (Wildman–Crippen LogP) is 2.08. The predicted molar refractivity (Wildman–Crippen MR) is 91.4 cm³/mol. The van der Waals surface area contributed by atoms with Crippen LogP contribution in [0.2, 0.25) is 5.02 Å². The monoisotopic (exact) mass is 348 g/mol. The van der Waals surface area contributed by atoms with E-state index >= 15 is 0 Å². The van der Waals surface area contributed by atoms with Crippen LogP contribution in [0.3, 0.4) is 0 Å². The molecule has 0 radical (unpaired) electrons. The van der Waals surface area contributed by atoms with Gasteiger partial charge in [-0.3, -0.25) is 9.59 Å².